The summed E-state index contributed by atoms with van der Waals surface area (Å²) in [6, 6.07) is 0. The molecule has 1 aromatic heterocycles. The molecule has 0 radical (unpaired) electrons. The van der Waals surface area contributed by atoms with Crippen molar-refractivity contribution in [1.82, 2.24) is 9.78 Å². The molecule has 0 spiro atoms. The van der Waals surface area contributed by atoms with Crippen molar-refractivity contribution < 1.29 is 14.3 Å². The Kier molecular flexibility index (Phi) is 4.28. The second-order valence-corrected chi connectivity index (χ2v) is 8.77. The van der Waals surface area contributed by atoms with Gasteiger partial charge in [0.25, 0.3) is 0 Å². The smallest absolute Gasteiger partial charge is 0.331 e. The van der Waals surface area contributed by atoms with E-state index in [-0.39, 0.29) is 17.8 Å². The fraction of sp³-hybridized carbons (Fsp3) is 0.667. The molecule has 4 saturated carbocycles. The molecule has 26 heavy (non-hydrogen) atoms. The van der Waals surface area contributed by atoms with Gasteiger partial charge < -0.3 is 4.74 Å². The minimum atomic E-state index is -0.453. The van der Waals surface area contributed by atoms with Crippen molar-refractivity contribution >= 4 is 17.8 Å². The van der Waals surface area contributed by atoms with Crippen molar-refractivity contribution in [3.8, 4) is 0 Å². The number of ketones is 1. The van der Waals surface area contributed by atoms with Gasteiger partial charge in [-0.15, -0.1) is 0 Å². The van der Waals surface area contributed by atoms with E-state index in [0.29, 0.717) is 0 Å². The second-order valence-electron chi connectivity index (χ2n) is 8.77. The molecule has 0 saturated heterocycles. The van der Waals surface area contributed by atoms with E-state index in [9.17, 15) is 9.59 Å². The monoisotopic (exact) mass is 356 g/mol. The van der Waals surface area contributed by atoms with Gasteiger partial charge in [0.2, 0.25) is 0 Å². The van der Waals surface area contributed by atoms with Crippen LogP contribution in [0.4, 0.5) is 0 Å². The highest BCUT2D eigenvalue weighted by Crippen LogP contribution is 2.60. The highest BCUT2D eigenvalue weighted by atomic mass is 16.5. The van der Waals surface area contributed by atoms with Gasteiger partial charge in [0.15, 0.2) is 12.4 Å². The van der Waals surface area contributed by atoms with E-state index in [1.807, 2.05) is 20.9 Å². The first kappa shape index (κ1) is 17.5. The number of carbonyl (C=O) groups excluding carboxylic acids is 2. The molecule has 5 rings (SSSR count). The van der Waals surface area contributed by atoms with Gasteiger partial charge in [-0.25, -0.2) is 4.79 Å². The maximum Gasteiger partial charge on any atom is 0.331 e. The zero-order chi connectivity index (χ0) is 18.5. The predicted octanol–water partition coefficient (Wildman–Crippen LogP) is 3.38. The summed E-state index contributed by atoms with van der Waals surface area (Å²) in [4.78, 5) is 25.0. The van der Waals surface area contributed by atoms with E-state index in [4.69, 9.17) is 4.74 Å². The van der Waals surface area contributed by atoms with Crippen LogP contribution in [0.1, 0.15) is 55.5 Å². The lowest BCUT2D eigenvalue weighted by Gasteiger charge is -2.55. The van der Waals surface area contributed by atoms with Crippen LogP contribution in [0.5, 0.6) is 0 Å². The number of hydrogen-bond acceptors (Lipinski definition) is 4. The summed E-state index contributed by atoms with van der Waals surface area (Å²) < 4.78 is 7.09. The zero-order valence-corrected chi connectivity index (χ0v) is 16.0. The highest BCUT2D eigenvalue weighted by molar-refractivity contribution is 5.92. The molecule has 0 aliphatic heterocycles. The third kappa shape index (κ3) is 3.01. The number of nitrogens with zero attached hydrogens (tertiary/aromatic N) is 2. The molecule has 0 unspecified atom stereocenters. The lowest BCUT2D eigenvalue weighted by molar-refractivity contribution is -0.155. The second kappa shape index (κ2) is 6.36. The molecule has 1 heterocycles. The molecule has 4 fully saturated rings. The quantitative estimate of drug-likeness (QED) is 0.599. The number of esters is 1. The minimum absolute atomic E-state index is 0.0830. The maximum absolute atomic E-state index is 12.9. The fourth-order valence-electron chi connectivity index (χ4n) is 5.97. The number of rotatable bonds is 5. The van der Waals surface area contributed by atoms with Crippen molar-refractivity contribution in [3.05, 3.63) is 23.0 Å². The molecule has 0 atom stereocenters. The maximum atomic E-state index is 12.9. The van der Waals surface area contributed by atoms with Gasteiger partial charge in [0.05, 0.1) is 5.69 Å². The van der Waals surface area contributed by atoms with Crippen molar-refractivity contribution in [2.75, 3.05) is 6.61 Å². The SMILES string of the molecule is Cc1nn(C)c(C)c1/C=C\C(=O)OCC(=O)C12CC3CC(CC(C3)C1)C2. The zero-order valence-electron chi connectivity index (χ0n) is 16.0. The van der Waals surface area contributed by atoms with Crippen LogP contribution < -0.4 is 0 Å². The average molecular weight is 356 g/mol. The minimum Gasteiger partial charge on any atom is -0.455 e. The molecule has 4 aliphatic carbocycles. The van der Waals surface area contributed by atoms with E-state index < -0.39 is 5.97 Å². The Balaban J connectivity index is 1.36. The van der Waals surface area contributed by atoms with E-state index in [1.165, 1.54) is 25.3 Å². The Bertz CT molecular complexity index is 739. The highest BCUT2D eigenvalue weighted by Gasteiger charge is 2.54. The van der Waals surface area contributed by atoms with Crippen LogP contribution in [-0.4, -0.2) is 28.1 Å². The Morgan fingerprint density at radius 3 is 2.23 bits per heavy atom. The molecule has 4 bridgehead atoms. The summed E-state index contributed by atoms with van der Waals surface area (Å²) in [6.45, 7) is 3.79. The van der Waals surface area contributed by atoms with Crippen molar-refractivity contribution in [2.45, 2.75) is 52.4 Å². The standard InChI is InChI=1S/C21H28N2O3/c1-13-18(14(2)23(3)22-13)4-5-20(25)26-12-19(24)21-9-15-6-16(10-21)8-17(7-15)11-21/h4-5,15-17H,6-12H2,1-3H3/b5-4-. The third-order valence-corrected chi connectivity index (χ3v) is 6.93. The van der Waals surface area contributed by atoms with Gasteiger partial charge in [-0.3, -0.25) is 9.48 Å². The van der Waals surface area contributed by atoms with Crippen LogP contribution in [0.3, 0.4) is 0 Å². The van der Waals surface area contributed by atoms with Gasteiger partial charge >= 0.3 is 5.97 Å². The number of aryl methyl sites for hydroxylation is 2. The van der Waals surface area contributed by atoms with Crippen LogP contribution in [0.2, 0.25) is 0 Å². The summed E-state index contributed by atoms with van der Waals surface area (Å²) in [5.41, 5.74) is 2.60. The fourth-order valence-corrected chi connectivity index (χ4v) is 5.97. The Morgan fingerprint density at radius 2 is 1.73 bits per heavy atom. The first-order valence-electron chi connectivity index (χ1n) is 9.74. The van der Waals surface area contributed by atoms with Crippen molar-refractivity contribution in [2.24, 2.45) is 30.2 Å². The summed E-state index contributed by atoms with van der Waals surface area (Å²) in [5.74, 6) is 1.85. The lowest BCUT2D eigenvalue weighted by atomic mass is 9.48. The Hall–Kier alpha value is -1.91. The van der Waals surface area contributed by atoms with Gasteiger partial charge in [0, 0.05) is 29.8 Å². The normalized spacial score (nSPS) is 32.3. The number of Topliss-reactive ketones (excluding diaryl/α,β-unsaturated/α-hetero) is 1. The molecule has 5 heteroatoms. The summed E-state index contributed by atoms with van der Waals surface area (Å²) in [7, 11) is 1.88. The molecular formula is C21H28N2O3. The summed E-state index contributed by atoms with van der Waals surface area (Å²) in [5, 5.41) is 4.33. The van der Waals surface area contributed by atoms with E-state index in [2.05, 4.69) is 5.10 Å². The molecule has 0 amide bonds. The molecule has 4 aliphatic rings. The van der Waals surface area contributed by atoms with E-state index in [0.717, 1.165) is 54.0 Å². The number of aromatic nitrogens is 2. The van der Waals surface area contributed by atoms with Gasteiger partial charge in [0.1, 0.15) is 0 Å². The Morgan fingerprint density at radius 1 is 1.15 bits per heavy atom. The molecule has 140 valence electrons. The topological polar surface area (TPSA) is 61.2 Å². The molecule has 1 aromatic rings. The molecule has 0 N–H and O–H groups in total. The summed E-state index contributed by atoms with van der Waals surface area (Å²) >= 11 is 0. The number of hydrogen-bond donors (Lipinski definition) is 0. The van der Waals surface area contributed by atoms with Crippen LogP contribution in [0, 0.1) is 37.0 Å². The lowest BCUT2D eigenvalue weighted by Crippen LogP contribution is -2.51. The van der Waals surface area contributed by atoms with Crippen molar-refractivity contribution in [1.29, 1.82) is 0 Å². The molecule has 5 nitrogen and oxygen atoms in total. The average Bonchev–Trinajstić information content (AvgIpc) is 2.81. The largest absolute Gasteiger partial charge is 0.455 e. The van der Waals surface area contributed by atoms with Crippen LogP contribution in [-0.2, 0) is 21.4 Å². The third-order valence-electron chi connectivity index (χ3n) is 6.93. The summed E-state index contributed by atoms with van der Waals surface area (Å²) in [6.07, 6.45) is 10.1. The van der Waals surface area contributed by atoms with Crippen LogP contribution in [0.15, 0.2) is 6.08 Å². The predicted molar refractivity (Wildman–Crippen MR) is 98.3 cm³/mol. The van der Waals surface area contributed by atoms with Crippen LogP contribution in [0.25, 0.3) is 6.08 Å². The van der Waals surface area contributed by atoms with Crippen molar-refractivity contribution in [3.63, 3.8) is 0 Å². The Labute approximate surface area is 154 Å². The van der Waals surface area contributed by atoms with Gasteiger partial charge in [-0.1, -0.05) is 0 Å². The first-order valence-corrected chi connectivity index (χ1v) is 9.74. The first-order chi connectivity index (χ1) is 12.4. The number of carbonyl (C=O) groups is 2. The van der Waals surface area contributed by atoms with E-state index >= 15 is 0 Å². The molecular weight excluding hydrogens is 328 g/mol. The molecule has 0 aromatic carbocycles. The number of ether oxygens (including phenoxy) is 1. The van der Waals surface area contributed by atoms with Crippen LogP contribution >= 0.6 is 0 Å². The van der Waals surface area contributed by atoms with Gasteiger partial charge in [-0.2, -0.15) is 5.10 Å². The van der Waals surface area contributed by atoms with Gasteiger partial charge in [-0.05, 0) is 76.2 Å². The van der Waals surface area contributed by atoms with E-state index in [1.54, 1.807) is 10.8 Å².